The van der Waals surface area contributed by atoms with Crippen molar-refractivity contribution in [2.24, 2.45) is 0 Å². The van der Waals surface area contributed by atoms with Crippen molar-refractivity contribution in [2.75, 3.05) is 0 Å². The zero-order valence-corrected chi connectivity index (χ0v) is 10.4. The van der Waals surface area contributed by atoms with Crippen LogP contribution in [0.2, 0.25) is 0 Å². The third kappa shape index (κ3) is 24.7. The Balaban J connectivity index is -0.0000000189. The summed E-state index contributed by atoms with van der Waals surface area (Å²) in [6, 6.07) is 0. The van der Waals surface area contributed by atoms with E-state index in [-0.39, 0.29) is 58.9 Å². The molecule has 1 aliphatic rings. The molecule has 0 amide bonds. The molecule has 0 atom stereocenters. The van der Waals surface area contributed by atoms with Crippen molar-refractivity contribution < 1.29 is 21.7 Å². The molecule has 0 radical (unpaired) electrons. The van der Waals surface area contributed by atoms with Gasteiger partial charge >= 0.3 is 21.7 Å². The molecule has 1 aliphatic carbocycles. The standard InChI is InChI=1S/C5H5.C2H5.3ClH.Ti/c1-2-4-5-3-1;1-2;;;;/h1-3H,4H2;1H2,2H3;3*1H;/q2*-1;;;;+2. The van der Waals surface area contributed by atoms with Gasteiger partial charge in [0.2, 0.25) is 0 Å². The van der Waals surface area contributed by atoms with E-state index in [0.29, 0.717) is 0 Å². The van der Waals surface area contributed by atoms with Crippen LogP contribution in [0, 0.1) is 13.0 Å². The van der Waals surface area contributed by atoms with Crippen molar-refractivity contribution in [3.05, 3.63) is 31.2 Å². The maximum Gasteiger partial charge on any atom is 2.00 e. The number of hydrogen-bond donors (Lipinski definition) is 0. The van der Waals surface area contributed by atoms with Crippen molar-refractivity contribution in [3.63, 3.8) is 0 Å². The van der Waals surface area contributed by atoms with Crippen LogP contribution in [-0.4, -0.2) is 0 Å². The Morgan fingerprint density at radius 3 is 1.73 bits per heavy atom. The summed E-state index contributed by atoms with van der Waals surface area (Å²) in [5, 5.41) is 0. The molecule has 1 rings (SSSR count). The maximum absolute atomic E-state index is 3.25. The van der Waals surface area contributed by atoms with E-state index in [0.717, 1.165) is 6.42 Å². The van der Waals surface area contributed by atoms with Gasteiger partial charge in [-0.15, -0.1) is 43.6 Å². The summed E-state index contributed by atoms with van der Waals surface area (Å²) < 4.78 is 0. The van der Waals surface area contributed by atoms with Gasteiger partial charge in [0.15, 0.2) is 0 Å². The van der Waals surface area contributed by atoms with Crippen LogP contribution in [-0.2, 0) is 21.7 Å². The molecule has 0 aromatic rings. The molecule has 0 aromatic carbocycles. The molecule has 0 aromatic heterocycles. The molecule has 0 unspecified atom stereocenters. The molecule has 11 heavy (non-hydrogen) atoms. The minimum atomic E-state index is 0. The molecule has 0 N–H and O–H groups in total. The van der Waals surface area contributed by atoms with E-state index < -0.39 is 0 Å². The number of hydrogen-bond acceptors (Lipinski definition) is 0. The van der Waals surface area contributed by atoms with E-state index in [1.807, 2.05) is 12.2 Å². The fourth-order valence-electron chi connectivity index (χ4n) is 0.340. The van der Waals surface area contributed by atoms with Crippen molar-refractivity contribution in [3.8, 4) is 0 Å². The van der Waals surface area contributed by atoms with Gasteiger partial charge in [-0.3, -0.25) is 6.08 Å². The Bertz CT molecular complexity index is 71.8. The molecule has 0 fully saturated rings. The Hall–Kier alpha value is 1.06. The first-order chi connectivity index (χ1) is 3.50. The molecule has 0 bridgehead atoms. The van der Waals surface area contributed by atoms with Gasteiger partial charge < -0.3 is 6.92 Å². The summed E-state index contributed by atoms with van der Waals surface area (Å²) in [6.45, 7) is 5.00. The van der Waals surface area contributed by atoms with Crippen LogP contribution in [0.25, 0.3) is 0 Å². The second-order valence-corrected chi connectivity index (χ2v) is 1.00. The average molecular weight is 251 g/mol. The van der Waals surface area contributed by atoms with Crippen LogP contribution < -0.4 is 0 Å². The second-order valence-electron chi connectivity index (χ2n) is 1.00. The van der Waals surface area contributed by atoms with Gasteiger partial charge in [-0.25, -0.2) is 12.2 Å². The van der Waals surface area contributed by atoms with E-state index in [4.69, 9.17) is 0 Å². The summed E-state index contributed by atoms with van der Waals surface area (Å²) in [4.78, 5) is 0. The smallest absolute Gasteiger partial charge is 0.346 e. The van der Waals surface area contributed by atoms with Crippen molar-refractivity contribution in [1.82, 2.24) is 0 Å². The topological polar surface area (TPSA) is 0 Å². The van der Waals surface area contributed by atoms with Crippen molar-refractivity contribution >= 4 is 37.2 Å². The fraction of sp³-hybridized carbons (Fsp3) is 0.286. The minimum absolute atomic E-state index is 0. The molecule has 0 saturated carbocycles. The van der Waals surface area contributed by atoms with E-state index in [1.54, 1.807) is 6.92 Å². The van der Waals surface area contributed by atoms with Crippen LogP contribution in [0.1, 0.15) is 13.3 Å². The summed E-state index contributed by atoms with van der Waals surface area (Å²) in [5.41, 5.74) is 0. The van der Waals surface area contributed by atoms with Crippen LogP contribution in [0.3, 0.4) is 0 Å². The van der Waals surface area contributed by atoms with Gasteiger partial charge in [0, 0.05) is 0 Å². The predicted molar refractivity (Wildman–Crippen MR) is 54.3 cm³/mol. The van der Waals surface area contributed by atoms with Gasteiger partial charge in [-0.1, -0.05) is 0 Å². The van der Waals surface area contributed by atoms with E-state index >= 15 is 0 Å². The van der Waals surface area contributed by atoms with E-state index in [9.17, 15) is 0 Å². The molecular weight excluding hydrogens is 238 g/mol. The van der Waals surface area contributed by atoms with Crippen LogP contribution in [0.15, 0.2) is 18.2 Å². The van der Waals surface area contributed by atoms with Crippen molar-refractivity contribution in [2.45, 2.75) is 13.3 Å². The Kier molecular flexibility index (Phi) is 82.0. The van der Waals surface area contributed by atoms with Crippen LogP contribution in [0.5, 0.6) is 0 Å². The van der Waals surface area contributed by atoms with Crippen LogP contribution in [0.4, 0.5) is 0 Å². The Morgan fingerprint density at radius 1 is 1.18 bits per heavy atom. The molecule has 0 heterocycles. The summed E-state index contributed by atoms with van der Waals surface area (Å²) in [5.74, 6) is 0. The number of halogens is 3. The summed E-state index contributed by atoms with van der Waals surface area (Å²) in [7, 11) is 0. The largest absolute Gasteiger partial charge is 2.00 e. The first-order valence-electron chi connectivity index (χ1n) is 2.42. The van der Waals surface area contributed by atoms with Gasteiger partial charge in [-0.05, 0) is 0 Å². The predicted octanol–water partition coefficient (Wildman–Crippen LogP) is 3.41. The normalized spacial score (nSPS) is 8.55. The monoisotopic (exact) mass is 250 g/mol. The third-order valence-corrected chi connectivity index (χ3v) is 0.586. The zero-order chi connectivity index (χ0) is 5.54. The summed E-state index contributed by atoms with van der Waals surface area (Å²) >= 11 is 0. The number of rotatable bonds is 0. The minimum Gasteiger partial charge on any atom is -0.346 e. The first-order valence-corrected chi connectivity index (χ1v) is 2.42. The quantitative estimate of drug-likeness (QED) is 0.457. The Labute approximate surface area is 103 Å². The maximum atomic E-state index is 3.25. The molecule has 0 nitrogen and oxygen atoms in total. The fourth-order valence-corrected chi connectivity index (χ4v) is 0.340. The van der Waals surface area contributed by atoms with Gasteiger partial charge in [0.05, 0.1) is 0 Å². The van der Waals surface area contributed by atoms with Gasteiger partial charge in [0.1, 0.15) is 0 Å². The van der Waals surface area contributed by atoms with E-state index in [2.05, 4.69) is 19.1 Å². The SMILES string of the molecule is Cl.Cl.Cl.[C-]1=CC=CC1.[CH2-]C.[Ti+2]. The van der Waals surface area contributed by atoms with Gasteiger partial charge in [-0.2, -0.15) is 13.0 Å². The summed E-state index contributed by atoms with van der Waals surface area (Å²) in [6.07, 6.45) is 10.0. The third-order valence-electron chi connectivity index (χ3n) is 0.586. The molecule has 4 heteroatoms. The Morgan fingerprint density at radius 2 is 1.64 bits per heavy atom. The molecular formula is C7H13Cl3Ti. The molecule has 0 saturated heterocycles. The molecule has 66 valence electrons. The average Bonchev–Trinajstić information content (AvgIpc) is 2.23. The zero-order valence-electron chi connectivity index (χ0n) is 6.37. The van der Waals surface area contributed by atoms with E-state index in [1.165, 1.54) is 0 Å². The first kappa shape index (κ1) is 29.6. The molecule has 0 aliphatic heterocycles. The number of allylic oxidation sites excluding steroid dienone is 4. The van der Waals surface area contributed by atoms with Gasteiger partial charge in [0.25, 0.3) is 0 Å². The second kappa shape index (κ2) is 30.5. The van der Waals surface area contributed by atoms with Crippen molar-refractivity contribution in [1.29, 1.82) is 0 Å². The van der Waals surface area contributed by atoms with Crippen LogP contribution >= 0.6 is 37.2 Å². The molecule has 0 spiro atoms.